The number of carbonyl (C=O) groups excluding carboxylic acids is 1. The molecule has 1 aromatic carbocycles. The van der Waals surface area contributed by atoms with Gasteiger partial charge < -0.3 is 15.4 Å². The molecule has 19 heavy (non-hydrogen) atoms. The third-order valence-corrected chi connectivity index (χ3v) is 3.38. The number of hydrogen-bond donors (Lipinski definition) is 3. The highest BCUT2D eigenvalue weighted by atomic mass is 32.1. The zero-order valence-electron chi connectivity index (χ0n) is 9.89. The van der Waals surface area contributed by atoms with E-state index in [9.17, 15) is 14.4 Å². The lowest BCUT2D eigenvalue weighted by atomic mass is 10.2. The number of aryl methyl sites for hydroxylation is 1. The molecule has 6 nitrogen and oxygen atoms in total. The van der Waals surface area contributed by atoms with Crippen LogP contribution in [0.5, 0.6) is 0 Å². The van der Waals surface area contributed by atoms with E-state index in [1.165, 1.54) is 18.2 Å². The van der Waals surface area contributed by atoms with Gasteiger partial charge in [-0.2, -0.15) is 0 Å². The molecule has 0 bridgehead atoms. The summed E-state index contributed by atoms with van der Waals surface area (Å²) in [5, 5.41) is 11.4. The van der Waals surface area contributed by atoms with Gasteiger partial charge in [-0.15, -0.1) is 0 Å². The van der Waals surface area contributed by atoms with Crippen LogP contribution in [0.15, 0.2) is 29.1 Å². The summed E-state index contributed by atoms with van der Waals surface area (Å²) in [6, 6.07) is 5.89. The van der Waals surface area contributed by atoms with Crippen molar-refractivity contribution >= 4 is 28.9 Å². The number of thiazole rings is 1. The average molecular weight is 278 g/mol. The molecular weight excluding hydrogens is 268 g/mol. The van der Waals surface area contributed by atoms with Crippen LogP contribution in [0.25, 0.3) is 0 Å². The SMILES string of the molecule is Cc1[nH]c(=O)sc1C(=O)Nc1cccc(C(=O)O)c1. The summed E-state index contributed by atoms with van der Waals surface area (Å²) in [6.07, 6.45) is 0. The predicted molar refractivity (Wildman–Crippen MR) is 71.0 cm³/mol. The first kappa shape index (κ1) is 13.0. The molecule has 1 amide bonds. The Morgan fingerprint density at radius 1 is 1.37 bits per heavy atom. The van der Waals surface area contributed by atoms with Crippen molar-refractivity contribution in [3.8, 4) is 0 Å². The molecule has 3 N–H and O–H groups in total. The lowest BCUT2D eigenvalue weighted by Gasteiger charge is -2.04. The average Bonchev–Trinajstić information content (AvgIpc) is 2.69. The molecule has 0 radical (unpaired) electrons. The zero-order valence-corrected chi connectivity index (χ0v) is 10.7. The number of aromatic amines is 1. The van der Waals surface area contributed by atoms with Crippen molar-refractivity contribution in [3.63, 3.8) is 0 Å². The lowest BCUT2D eigenvalue weighted by molar-refractivity contribution is 0.0696. The fourth-order valence-corrected chi connectivity index (χ4v) is 2.28. The monoisotopic (exact) mass is 278 g/mol. The van der Waals surface area contributed by atoms with Gasteiger partial charge in [-0.3, -0.25) is 9.59 Å². The van der Waals surface area contributed by atoms with Gasteiger partial charge in [0.15, 0.2) is 0 Å². The van der Waals surface area contributed by atoms with Crippen LogP contribution in [0.4, 0.5) is 5.69 Å². The number of carboxylic acids is 1. The summed E-state index contributed by atoms with van der Waals surface area (Å²) < 4.78 is 0. The first-order valence-corrected chi connectivity index (χ1v) is 6.13. The molecule has 1 aromatic heterocycles. The van der Waals surface area contributed by atoms with E-state index in [-0.39, 0.29) is 15.3 Å². The molecule has 2 aromatic rings. The molecule has 0 saturated heterocycles. The van der Waals surface area contributed by atoms with Crippen molar-refractivity contribution in [1.82, 2.24) is 4.98 Å². The van der Waals surface area contributed by atoms with E-state index in [2.05, 4.69) is 10.3 Å². The second-order valence-electron chi connectivity index (χ2n) is 3.81. The largest absolute Gasteiger partial charge is 0.478 e. The van der Waals surface area contributed by atoms with E-state index in [1.807, 2.05) is 0 Å². The molecule has 0 aliphatic heterocycles. The molecule has 0 atom stereocenters. The predicted octanol–water partition coefficient (Wildman–Crippen LogP) is 1.70. The van der Waals surface area contributed by atoms with Crippen molar-refractivity contribution in [2.75, 3.05) is 5.32 Å². The number of anilines is 1. The summed E-state index contributed by atoms with van der Waals surface area (Å²) in [5.41, 5.74) is 0.934. The Morgan fingerprint density at radius 2 is 2.11 bits per heavy atom. The van der Waals surface area contributed by atoms with Crippen LogP contribution < -0.4 is 10.2 Å². The normalized spacial score (nSPS) is 10.2. The molecular formula is C12H10N2O4S. The maximum absolute atomic E-state index is 11.9. The van der Waals surface area contributed by atoms with Crippen LogP contribution in [-0.4, -0.2) is 22.0 Å². The topological polar surface area (TPSA) is 99.3 Å². The highest BCUT2D eigenvalue weighted by molar-refractivity contribution is 7.11. The minimum Gasteiger partial charge on any atom is -0.478 e. The maximum Gasteiger partial charge on any atom is 0.335 e. The molecule has 0 spiro atoms. The molecule has 0 saturated carbocycles. The summed E-state index contributed by atoms with van der Waals surface area (Å²) >= 11 is 0.813. The number of amides is 1. The van der Waals surface area contributed by atoms with E-state index in [0.717, 1.165) is 11.3 Å². The molecule has 98 valence electrons. The van der Waals surface area contributed by atoms with Crippen LogP contribution in [0, 0.1) is 6.92 Å². The summed E-state index contributed by atoms with van der Waals surface area (Å²) in [5.74, 6) is -1.51. The molecule has 0 unspecified atom stereocenters. The van der Waals surface area contributed by atoms with Crippen molar-refractivity contribution < 1.29 is 14.7 Å². The quantitative estimate of drug-likeness (QED) is 0.795. The fraction of sp³-hybridized carbons (Fsp3) is 0.0833. The number of aromatic carboxylic acids is 1. The summed E-state index contributed by atoms with van der Waals surface area (Å²) in [6.45, 7) is 1.63. The van der Waals surface area contributed by atoms with Gasteiger partial charge in [-0.05, 0) is 25.1 Å². The second kappa shape index (κ2) is 5.07. The van der Waals surface area contributed by atoms with Crippen LogP contribution in [0.2, 0.25) is 0 Å². The number of carboxylic acid groups (broad SMARTS) is 1. The second-order valence-corrected chi connectivity index (χ2v) is 4.79. The van der Waals surface area contributed by atoms with Gasteiger partial charge in [0.25, 0.3) is 5.91 Å². The number of rotatable bonds is 3. The smallest absolute Gasteiger partial charge is 0.335 e. The van der Waals surface area contributed by atoms with Gasteiger partial charge in [0.05, 0.1) is 5.56 Å². The van der Waals surface area contributed by atoms with Crippen LogP contribution >= 0.6 is 11.3 Å². The number of carbonyl (C=O) groups is 2. The summed E-state index contributed by atoms with van der Waals surface area (Å²) in [7, 11) is 0. The minimum absolute atomic E-state index is 0.0803. The van der Waals surface area contributed by atoms with Gasteiger partial charge in [0.1, 0.15) is 4.88 Å². The van der Waals surface area contributed by atoms with Gasteiger partial charge in [0, 0.05) is 11.4 Å². The van der Waals surface area contributed by atoms with Crippen molar-refractivity contribution in [3.05, 3.63) is 50.1 Å². The minimum atomic E-state index is -1.07. The number of benzene rings is 1. The van der Waals surface area contributed by atoms with Gasteiger partial charge in [-0.25, -0.2) is 4.79 Å². The number of H-pyrrole nitrogens is 1. The zero-order chi connectivity index (χ0) is 14.0. The van der Waals surface area contributed by atoms with Crippen molar-refractivity contribution in [1.29, 1.82) is 0 Å². The van der Waals surface area contributed by atoms with Crippen LogP contribution in [0.1, 0.15) is 25.7 Å². The molecule has 1 heterocycles. The highest BCUT2D eigenvalue weighted by Gasteiger charge is 2.14. The lowest BCUT2D eigenvalue weighted by Crippen LogP contribution is -2.12. The van der Waals surface area contributed by atoms with Gasteiger partial charge in [-0.1, -0.05) is 17.4 Å². The Morgan fingerprint density at radius 3 is 2.68 bits per heavy atom. The fourth-order valence-electron chi connectivity index (χ4n) is 1.54. The molecule has 0 fully saturated rings. The Balaban J connectivity index is 2.24. The van der Waals surface area contributed by atoms with Gasteiger partial charge >= 0.3 is 10.8 Å². The maximum atomic E-state index is 11.9. The number of aromatic nitrogens is 1. The number of nitrogens with one attached hydrogen (secondary N) is 2. The van der Waals surface area contributed by atoms with E-state index >= 15 is 0 Å². The third-order valence-electron chi connectivity index (χ3n) is 2.40. The van der Waals surface area contributed by atoms with Crippen molar-refractivity contribution in [2.24, 2.45) is 0 Å². The van der Waals surface area contributed by atoms with Gasteiger partial charge in [0.2, 0.25) is 0 Å². The van der Waals surface area contributed by atoms with Crippen LogP contribution in [-0.2, 0) is 0 Å². The molecule has 7 heteroatoms. The first-order valence-electron chi connectivity index (χ1n) is 5.32. The first-order chi connectivity index (χ1) is 8.97. The Bertz CT molecular complexity index is 702. The molecule has 2 rings (SSSR count). The molecule has 0 aliphatic rings. The standard InChI is InChI=1S/C12H10N2O4S/c1-6-9(19-12(18)13-6)10(15)14-8-4-2-3-7(5-8)11(16)17/h2-5H,1H3,(H,13,18)(H,14,15)(H,16,17). The Labute approximate surface area is 111 Å². The highest BCUT2D eigenvalue weighted by Crippen LogP contribution is 2.14. The van der Waals surface area contributed by atoms with E-state index in [4.69, 9.17) is 5.11 Å². The van der Waals surface area contributed by atoms with E-state index in [0.29, 0.717) is 11.4 Å². The van der Waals surface area contributed by atoms with E-state index < -0.39 is 11.9 Å². The number of hydrogen-bond acceptors (Lipinski definition) is 4. The Hall–Kier alpha value is -2.41. The van der Waals surface area contributed by atoms with E-state index in [1.54, 1.807) is 13.0 Å². The third kappa shape index (κ3) is 2.89. The Kier molecular flexibility index (Phi) is 3.48. The van der Waals surface area contributed by atoms with Crippen molar-refractivity contribution in [2.45, 2.75) is 6.92 Å². The van der Waals surface area contributed by atoms with Crippen LogP contribution in [0.3, 0.4) is 0 Å². The molecule has 0 aliphatic carbocycles. The summed E-state index contributed by atoms with van der Waals surface area (Å²) in [4.78, 5) is 36.3.